The Hall–Kier alpha value is -3.28. The summed E-state index contributed by atoms with van der Waals surface area (Å²) < 4.78 is 68.9. The summed E-state index contributed by atoms with van der Waals surface area (Å²) in [7, 11) is -4.61. The van der Waals surface area contributed by atoms with Crippen molar-refractivity contribution in [2.24, 2.45) is 0 Å². The first-order chi connectivity index (χ1) is 19.1. The first kappa shape index (κ1) is 32.2. The molecule has 0 aromatic heterocycles. The third-order valence-corrected chi connectivity index (χ3v) is 8.51. The molecule has 0 aliphatic rings. The fourth-order valence-corrected chi connectivity index (χ4v) is 5.82. The third kappa shape index (κ3) is 7.93. The van der Waals surface area contributed by atoms with Crippen LogP contribution in [-0.4, -0.2) is 43.8 Å². The fraction of sp³-hybridized carbons (Fsp3) is 0.286. The van der Waals surface area contributed by atoms with Crippen LogP contribution >= 0.6 is 23.2 Å². The van der Waals surface area contributed by atoms with Crippen molar-refractivity contribution in [2.45, 2.75) is 50.5 Å². The molecule has 0 spiro atoms. The number of anilines is 1. The van der Waals surface area contributed by atoms with Crippen molar-refractivity contribution in [3.8, 4) is 0 Å². The highest BCUT2D eigenvalue weighted by atomic mass is 35.5. The van der Waals surface area contributed by atoms with Crippen LogP contribution in [0.4, 0.5) is 18.9 Å². The van der Waals surface area contributed by atoms with E-state index >= 15 is 0 Å². The molecule has 0 unspecified atom stereocenters. The Kier molecular flexibility index (Phi) is 10.3. The second-order valence-electron chi connectivity index (χ2n) is 9.44. The van der Waals surface area contributed by atoms with Crippen LogP contribution in [0.25, 0.3) is 0 Å². The average molecular weight is 631 g/mol. The van der Waals surface area contributed by atoms with Crippen molar-refractivity contribution in [3.63, 3.8) is 0 Å². The largest absolute Gasteiger partial charge is 0.416 e. The van der Waals surface area contributed by atoms with E-state index in [1.165, 1.54) is 31.2 Å². The lowest BCUT2D eigenvalue weighted by Crippen LogP contribution is -2.52. The van der Waals surface area contributed by atoms with Gasteiger partial charge >= 0.3 is 6.18 Å². The molecule has 220 valence electrons. The topological polar surface area (TPSA) is 86.8 Å². The van der Waals surface area contributed by atoms with Gasteiger partial charge in [-0.25, -0.2) is 8.42 Å². The normalized spacial score (nSPS) is 12.6. The van der Waals surface area contributed by atoms with Crippen LogP contribution in [0, 0.1) is 0 Å². The van der Waals surface area contributed by atoms with E-state index in [2.05, 4.69) is 5.32 Å². The van der Waals surface area contributed by atoms with Gasteiger partial charge in [0.25, 0.3) is 10.0 Å². The maximum Gasteiger partial charge on any atom is 0.416 e. The molecule has 0 radical (unpaired) electrons. The molecule has 2 amide bonds. The van der Waals surface area contributed by atoms with Crippen molar-refractivity contribution in [1.29, 1.82) is 0 Å². The van der Waals surface area contributed by atoms with Gasteiger partial charge in [0.15, 0.2) is 0 Å². The molecule has 41 heavy (non-hydrogen) atoms. The zero-order valence-electron chi connectivity index (χ0n) is 22.3. The monoisotopic (exact) mass is 629 g/mol. The highest BCUT2D eigenvalue weighted by molar-refractivity contribution is 7.92. The Bertz CT molecular complexity index is 1500. The van der Waals surface area contributed by atoms with Crippen LogP contribution in [0.1, 0.15) is 31.9 Å². The van der Waals surface area contributed by atoms with Crippen LogP contribution in [0.2, 0.25) is 10.0 Å². The van der Waals surface area contributed by atoms with E-state index in [9.17, 15) is 31.2 Å². The van der Waals surface area contributed by atoms with Gasteiger partial charge in [-0.05, 0) is 62.7 Å². The van der Waals surface area contributed by atoms with Gasteiger partial charge in [0.2, 0.25) is 11.8 Å². The second-order valence-corrected chi connectivity index (χ2v) is 12.1. The lowest BCUT2D eigenvalue weighted by Gasteiger charge is -2.33. The van der Waals surface area contributed by atoms with E-state index in [-0.39, 0.29) is 22.5 Å². The molecule has 1 N–H and O–H groups in total. The van der Waals surface area contributed by atoms with Gasteiger partial charge in [-0.1, -0.05) is 59.6 Å². The molecule has 3 aromatic rings. The number of nitrogens with one attached hydrogen (secondary N) is 1. The molecule has 3 rings (SSSR count). The molecule has 0 fully saturated rings. The van der Waals surface area contributed by atoms with Crippen LogP contribution in [0.5, 0.6) is 0 Å². The van der Waals surface area contributed by atoms with E-state index < -0.39 is 51.9 Å². The van der Waals surface area contributed by atoms with E-state index in [1.807, 2.05) is 0 Å². The molecule has 0 heterocycles. The Morgan fingerprint density at radius 3 is 2.10 bits per heavy atom. The number of amides is 2. The standard InChI is InChI=1S/C28H28Cl2F3N3O4S/c1-18(2)34-27(38)19(3)35(16-20-9-7-8-12-23(20)29)26(37)17-36(41(39,40)22-10-5-4-6-11-22)25-15-21(28(31,32)33)13-14-24(25)30/h4-15,18-19H,16-17H2,1-3H3,(H,34,38)/t19-/m0/s1. The summed E-state index contributed by atoms with van der Waals surface area (Å²) in [4.78, 5) is 27.7. The summed E-state index contributed by atoms with van der Waals surface area (Å²) in [5.41, 5.74) is -1.23. The first-order valence-corrected chi connectivity index (χ1v) is 14.6. The number of carbonyl (C=O) groups is 2. The zero-order chi connectivity index (χ0) is 30.5. The molecule has 0 aliphatic heterocycles. The highest BCUT2D eigenvalue weighted by Gasteiger charge is 2.36. The molecular weight excluding hydrogens is 602 g/mol. The van der Waals surface area contributed by atoms with Crippen LogP contribution in [-0.2, 0) is 32.3 Å². The Morgan fingerprint density at radius 2 is 1.51 bits per heavy atom. The molecule has 0 saturated carbocycles. The maximum atomic E-state index is 13.9. The van der Waals surface area contributed by atoms with Crippen molar-refractivity contribution in [2.75, 3.05) is 10.8 Å². The van der Waals surface area contributed by atoms with Gasteiger partial charge in [0.1, 0.15) is 12.6 Å². The number of nitrogens with zero attached hydrogens (tertiary/aromatic N) is 2. The molecule has 1 atom stereocenters. The number of benzene rings is 3. The van der Waals surface area contributed by atoms with E-state index in [0.29, 0.717) is 27.0 Å². The number of hydrogen-bond acceptors (Lipinski definition) is 4. The summed E-state index contributed by atoms with van der Waals surface area (Å²) in [6.07, 6.45) is -4.81. The molecular formula is C28H28Cl2F3N3O4S. The summed E-state index contributed by atoms with van der Waals surface area (Å²) in [6, 6.07) is 14.3. The molecule has 0 saturated heterocycles. The Labute approximate surface area is 246 Å². The number of carbonyl (C=O) groups excluding carboxylic acids is 2. The van der Waals surface area contributed by atoms with Crippen LogP contribution in [0.15, 0.2) is 77.7 Å². The zero-order valence-corrected chi connectivity index (χ0v) is 24.7. The van der Waals surface area contributed by atoms with Crippen molar-refractivity contribution in [1.82, 2.24) is 10.2 Å². The van der Waals surface area contributed by atoms with Gasteiger partial charge in [-0.15, -0.1) is 0 Å². The van der Waals surface area contributed by atoms with E-state index in [0.717, 1.165) is 11.0 Å². The highest BCUT2D eigenvalue weighted by Crippen LogP contribution is 2.37. The molecule has 7 nitrogen and oxygen atoms in total. The van der Waals surface area contributed by atoms with E-state index in [1.54, 1.807) is 44.2 Å². The maximum absolute atomic E-state index is 13.9. The predicted molar refractivity (Wildman–Crippen MR) is 152 cm³/mol. The van der Waals surface area contributed by atoms with Gasteiger partial charge in [-0.3, -0.25) is 13.9 Å². The number of sulfonamides is 1. The van der Waals surface area contributed by atoms with Crippen LogP contribution < -0.4 is 9.62 Å². The van der Waals surface area contributed by atoms with Gasteiger partial charge in [0, 0.05) is 17.6 Å². The third-order valence-electron chi connectivity index (χ3n) is 6.05. The number of hydrogen-bond donors (Lipinski definition) is 1. The lowest BCUT2D eigenvalue weighted by molar-refractivity contribution is -0.139. The Morgan fingerprint density at radius 1 is 0.902 bits per heavy atom. The smallest absolute Gasteiger partial charge is 0.352 e. The van der Waals surface area contributed by atoms with Crippen LogP contribution in [0.3, 0.4) is 0 Å². The number of halogens is 5. The quantitative estimate of drug-likeness (QED) is 0.291. The Balaban J connectivity index is 2.14. The first-order valence-electron chi connectivity index (χ1n) is 12.4. The lowest BCUT2D eigenvalue weighted by atomic mass is 10.1. The fourth-order valence-electron chi connectivity index (χ4n) is 3.91. The predicted octanol–water partition coefficient (Wildman–Crippen LogP) is 6.15. The molecule has 3 aromatic carbocycles. The minimum Gasteiger partial charge on any atom is -0.352 e. The summed E-state index contributed by atoms with van der Waals surface area (Å²) >= 11 is 12.5. The SMILES string of the molecule is CC(C)NC(=O)[C@H](C)N(Cc1ccccc1Cl)C(=O)CN(c1cc(C(F)(F)F)ccc1Cl)S(=O)(=O)c1ccccc1. The van der Waals surface area contributed by atoms with Gasteiger partial charge < -0.3 is 10.2 Å². The number of alkyl halides is 3. The number of rotatable bonds is 10. The molecule has 0 bridgehead atoms. The minimum absolute atomic E-state index is 0.180. The van der Waals surface area contributed by atoms with Gasteiger partial charge in [-0.2, -0.15) is 13.2 Å². The summed E-state index contributed by atoms with van der Waals surface area (Å²) in [5, 5.41) is 2.69. The average Bonchev–Trinajstić information content (AvgIpc) is 2.90. The molecule has 0 aliphatic carbocycles. The van der Waals surface area contributed by atoms with Crippen molar-refractivity contribution in [3.05, 3.63) is 94.0 Å². The molecule has 13 heteroatoms. The van der Waals surface area contributed by atoms with Gasteiger partial charge in [0.05, 0.1) is 21.2 Å². The minimum atomic E-state index is -4.81. The second kappa shape index (κ2) is 13.1. The summed E-state index contributed by atoms with van der Waals surface area (Å²) in [6.45, 7) is 3.78. The van der Waals surface area contributed by atoms with Crippen molar-refractivity contribution >= 4 is 50.7 Å². The van der Waals surface area contributed by atoms with Crippen molar-refractivity contribution < 1.29 is 31.2 Å². The van der Waals surface area contributed by atoms with E-state index in [4.69, 9.17) is 23.2 Å². The summed E-state index contributed by atoms with van der Waals surface area (Å²) in [5.74, 6) is -1.39.